The molecule has 0 bridgehead atoms. The molecule has 0 spiro atoms. The Balaban J connectivity index is 2.44. The van der Waals surface area contributed by atoms with Crippen molar-refractivity contribution in [3.8, 4) is 0 Å². The van der Waals surface area contributed by atoms with Gasteiger partial charge in [0.25, 0.3) is 0 Å². The maximum absolute atomic E-state index is 11.7. The van der Waals surface area contributed by atoms with Gasteiger partial charge in [-0.15, -0.1) is 0 Å². The Labute approximate surface area is 109 Å². The zero-order valence-electron chi connectivity index (χ0n) is 11.6. The van der Waals surface area contributed by atoms with Crippen molar-refractivity contribution < 1.29 is 14.0 Å². The highest BCUT2D eigenvalue weighted by molar-refractivity contribution is 5.89. The molecule has 0 unspecified atom stereocenters. The van der Waals surface area contributed by atoms with Crippen molar-refractivity contribution in [3.05, 3.63) is 30.1 Å². The molecule has 100 valence electrons. The Kier molecular flexibility index (Phi) is 5.78. The lowest BCUT2D eigenvalue weighted by Gasteiger charge is -2.35. The number of likely N-dealkylation sites (N-methyl/N-ethyl adjacent to an activating group) is 1. The van der Waals surface area contributed by atoms with Crippen LogP contribution >= 0.6 is 0 Å². The van der Waals surface area contributed by atoms with Gasteiger partial charge in [-0.25, -0.2) is 4.79 Å². The van der Waals surface area contributed by atoms with E-state index in [1.165, 1.54) is 0 Å². The molecule has 4 heteroatoms. The van der Waals surface area contributed by atoms with Gasteiger partial charge in [0.1, 0.15) is 13.2 Å². The van der Waals surface area contributed by atoms with Gasteiger partial charge in [-0.05, 0) is 32.9 Å². The van der Waals surface area contributed by atoms with Crippen LogP contribution in [0.3, 0.4) is 0 Å². The number of aromatic nitrogens is 1. The van der Waals surface area contributed by atoms with Crippen molar-refractivity contribution >= 4 is 5.97 Å². The normalized spacial score (nSPS) is 11.3. The maximum atomic E-state index is 11.7. The molecule has 1 heterocycles. The van der Waals surface area contributed by atoms with Gasteiger partial charge in [-0.1, -0.05) is 0 Å². The third kappa shape index (κ3) is 3.81. The van der Waals surface area contributed by atoms with Crippen molar-refractivity contribution in [1.82, 2.24) is 4.98 Å². The summed E-state index contributed by atoms with van der Waals surface area (Å²) in [6.07, 6.45) is 3.20. The van der Waals surface area contributed by atoms with E-state index in [0.717, 1.165) is 30.7 Å². The second-order valence-electron chi connectivity index (χ2n) is 4.39. The summed E-state index contributed by atoms with van der Waals surface area (Å²) in [5.41, 5.74) is 0.563. The zero-order chi connectivity index (χ0) is 13.4. The summed E-state index contributed by atoms with van der Waals surface area (Å²) >= 11 is 0. The molecule has 0 aromatic carbocycles. The van der Waals surface area contributed by atoms with Crippen LogP contribution in [0, 0.1) is 0 Å². The number of quaternary nitrogens is 1. The van der Waals surface area contributed by atoms with Gasteiger partial charge in [0.05, 0.1) is 25.2 Å². The standard InChI is InChI=1S/C14H23N2O2/c1-4-16(5-2,6-3)11-12-18-14(17)13-7-9-15-10-8-13/h7-10H,4-6,11-12H2,1-3H3/q+1. The lowest BCUT2D eigenvalue weighted by Crippen LogP contribution is -2.49. The average Bonchev–Trinajstić information content (AvgIpc) is 2.45. The minimum Gasteiger partial charge on any atom is -0.456 e. The number of esters is 1. The van der Waals surface area contributed by atoms with E-state index in [1.54, 1.807) is 24.5 Å². The van der Waals surface area contributed by atoms with E-state index in [1.807, 2.05) is 0 Å². The fourth-order valence-corrected chi connectivity index (χ4v) is 2.05. The first-order valence-electron chi connectivity index (χ1n) is 6.59. The SMILES string of the molecule is CC[N+](CC)(CC)CCOC(=O)c1ccncc1. The molecule has 18 heavy (non-hydrogen) atoms. The van der Waals surface area contributed by atoms with E-state index in [9.17, 15) is 4.79 Å². The van der Waals surface area contributed by atoms with Gasteiger partial charge < -0.3 is 9.22 Å². The highest BCUT2D eigenvalue weighted by Gasteiger charge is 2.21. The molecule has 0 radical (unpaired) electrons. The first-order chi connectivity index (χ1) is 8.67. The fourth-order valence-electron chi connectivity index (χ4n) is 2.05. The average molecular weight is 251 g/mol. The number of pyridine rings is 1. The largest absolute Gasteiger partial charge is 0.456 e. The molecule has 4 nitrogen and oxygen atoms in total. The first-order valence-corrected chi connectivity index (χ1v) is 6.59. The van der Waals surface area contributed by atoms with E-state index >= 15 is 0 Å². The number of rotatable bonds is 7. The van der Waals surface area contributed by atoms with Gasteiger partial charge in [-0.3, -0.25) is 4.98 Å². The third-order valence-electron chi connectivity index (χ3n) is 3.73. The van der Waals surface area contributed by atoms with Crippen LogP contribution in [0.1, 0.15) is 31.1 Å². The van der Waals surface area contributed by atoms with Crippen molar-refractivity contribution in [1.29, 1.82) is 0 Å². The highest BCUT2D eigenvalue weighted by atomic mass is 16.5. The number of carbonyl (C=O) groups excluding carboxylic acids is 1. The van der Waals surface area contributed by atoms with Crippen molar-refractivity contribution in [3.63, 3.8) is 0 Å². The van der Waals surface area contributed by atoms with E-state index in [4.69, 9.17) is 4.74 Å². The molecular formula is C14H23N2O2+. The summed E-state index contributed by atoms with van der Waals surface area (Å²) < 4.78 is 6.30. The molecule has 0 aliphatic carbocycles. The van der Waals surface area contributed by atoms with E-state index in [2.05, 4.69) is 25.8 Å². The van der Waals surface area contributed by atoms with Crippen LogP contribution in [0.15, 0.2) is 24.5 Å². The second-order valence-corrected chi connectivity index (χ2v) is 4.39. The molecule has 0 atom stereocenters. The van der Waals surface area contributed by atoms with E-state index < -0.39 is 0 Å². The van der Waals surface area contributed by atoms with Crippen LogP contribution in [-0.2, 0) is 4.74 Å². The van der Waals surface area contributed by atoms with Crippen LogP contribution in [-0.4, -0.2) is 48.2 Å². The molecule has 1 aromatic rings. The molecule has 0 aliphatic rings. The van der Waals surface area contributed by atoms with Crippen LogP contribution in [0.25, 0.3) is 0 Å². The highest BCUT2D eigenvalue weighted by Crippen LogP contribution is 2.06. The molecule has 0 N–H and O–H groups in total. The predicted octanol–water partition coefficient (Wildman–Crippen LogP) is 2.11. The maximum Gasteiger partial charge on any atom is 0.338 e. The third-order valence-corrected chi connectivity index (χ3v) is 3.73. The van der Waals surface area contributed by atoms with Crippen LogP contribution in [0.2, 0.25) is 0 Å². The zero-order valence-corrected chi connectivity index (χ0v) is 11.6. The quantitative estimate of drug-likeness (QED) is 0.550. The van der Waals surface area contributed by atoms with Gasteiger partial charge >= 0.3 is 5.97 Å². The number of carbonyl (C=O) groups is 1. The number of hydrogen-bond donors (Lipinski definition) is 0. The summed E-state index contributed by atoms with van der Waals surface area (Å²) in [7, 11) is 0. The Morgan fingerprint density at radius 2 is 1.72 bits per heavy atom. The second kappa shape index (κ2) is 7.11. The summed E-state index contributed by atoms with van der Waals surface area (Å²) in [6, 6.07) is 3.34. The lowest BCUT2D eigenvalue weighted by atomic mass is 10.3. The topological polar surface area (TPSA) is 39.2 Å². The Hall–Kier alpha value is -1.42. The minimum absolute atomic E-state index is 0.265. The van der Waals surface area contributed by atoms with Gasteiger partial charge in [0.2, 0.25) is 0 Å². The molecule has 0 amide bonds. The predicted molar refractivity (Wildman–Crippen MR) is 71.3 cm³/mol. The monoisotopic (exact) mass is 251 g/mol. The van der Waals surface area contributed by atoms with E-state index in [-0.39, 0.29) is 5.97 Å². The number of hydrogen-bond acceptors (Lipinski definition) is 3. The van der Waals surface area contributed by atoms with Crippen molar-refractivity contribution in [2.45, 2.75) is 20.8 Å². The van der Waals surface area contributed by atoms with Gasteiger partial charge in [-0.2, -0.15) is 0 Å². The summed E-state index contributed by atoms with van der Waals surface area (Å²) in [4.78, 5) is 15.6. The lowest BCUT2D eigenvalue weighted by molar-refractivity contribution is -0.923. The summed E-state index contributed by atoms with van der Waals surface area (Å²) in [5, 5.41) is 0. The Morgan fingerprint density at radius 1 is 1.17 bits per heavy atom. The molecular weight excluding hydrogens is 228 g/mol. The molecule has 0 saturated heterocycles. The fraction of sp³-hybridized carbons (Fsp3) is 0.571. The molecule has 1 rings (SSSR count). The smallest absolute Gasteiger partial charge is 0.338 e. The first kappa shape index (κ1) is 14.6. The summed E-state index contributed by atoms with van der Waals surface area (Å²) in [6.45, 7) is 11.1. The van der Waals surface area contributed by atoms with Gasteiger partial charge in [0, 0.05) is 12.4 Å². The van der Waals surface area contributed by atoms with Crippen molar-refractivity contribution in [2.75, 3.05) is 32.8 Å². The molecule has 0 aliphatic heterocycles. The number of ether oxygens (including phenoxy) is 1. The molecule has 0 fully saturated rings. The van der Waals surface area contributed by atoms with Gasteiger partial charge in [0.15, 0.2) is 0 Å². The number of nitrogens with zero attached hydrogens (tertiary/aromatic N) is 2. The minimum atomic E-state index is -0.265. The Morgan fingerprint density at radius 3 is 2.22 bits per heavy atom. The molecule has 0 saturated carbocycles. The van der Waals surface area contributed by atoms with Crippen LogP contribution < -0.4 is 0 Å². The van der Waals surface area contributed by atoms with E-state index in [0.29, 0.717) is 12.2 Å². The van der Waals surface area contributed by atoms with Crippen molar-refractivity contribution in [2.24, 2.45) is 0 Å². The van der Waals surface area contributed by atoms with Crippen LogP contribution in [0.5, 0.6) is 0 Å². The summed E-state index contributed by atoms with van der Waals surface area (Å²) in [5.74, 6) is -0.265. The molecule has 1 aromatic heterocycles. The Bertz CT molecular complexity index is 353. The van der Waals surface area contributed by atoms with Crippen LogP contribution in [0.4, 0.5) is 0 Å².